The van der Waals surface area contributed by atoms with Gasteiger partial charge in [0.05, 0.1) is 5.52 Å². The van der Waals surface area contributed by atoms with Crippen molar-refractivity contribution in [1.82, 2.24) is 4.98 Å². The molecule has 0 saturated heterocycles. The normalized spacial score (nSPS) is 19.6. The van der Waals surface area contributed by atoms with Crippen LogP contribution < -0.4 is 5.73 Å². The molecule has 17 heavy (non-hydrogen) atoms. The molecule has 0 radical (unpaired) electrons. The molecule has 0 aliphatic heterocycles. The van der Waals surface area contributed by atoms with Gasteiger partial charge in [0.1, 0.15) is 0 Å². The predicted octanol–water partition coefficient (Wildman–Crippen LogP) is 2.92. The SMILES string of the molecule is NC1CCCc2c1[nH]c1cc(F)c(F)c(F)c21. The lowest BCUT2D eigenvalue weighted by Gasteiger charge is -2.18. The van der Waals surface area contributed by atoms with Crippen molar-refractivity contribution in [1.29, 1.82) is 0 Å². The number of hydrogen-bond acceptors (Lipinski definition) is 1. The monoisotopic (exact) mass is 240 g/mol. The van der Waals surface area contributed by atoms with Crippen LogP contribution in [0.2, 0.25) is 0 Å². The van der Waals surface area contributed by atoms with Crippen molar-refractivity contribution >= 4 is 10.9 Å². The Balaban J connectivity index is 2.39. The van der Waals surface area contributed by atoms with Crippen molar-refractivity contribution in [2.24, 2.45) is 5.73 Å². The van der Waals surface area contributed by atoms with Crippen LogP contribution in [0.3, 0.4) is 0 Å². The van der Waals surface area contributed by atoms with E-state index < -0.39 is 17.5 Å². The average molecular weight is 240 g/mol. The molecule has 1 heterocycles. The molecule has 1 aromatic carbocycles. The lowest BCUT2D eigenvalue weighted by atomic mass is 9.92. The maximum atomic E-state index is 13.7. The Morgan fingerprint density at radius 3 is 2.76 bits per heavy atom. The Bertz CT molecular complexity index is 604. The van der Waals surface area contributed by atoms with E-state index in [2.05, 4.69) is 4.98 Å². The highest BCUT2D eigenvalue weighted by molar-refractivity contribution is 5.86. The fraction of sp³-hybridized carbons (Fsp3) is 0.333. The summed E-state index contributed by atoms with van der Waals surface area (Å²) in [6.45, 7) is 0. The minimum atomic E-state index is -1.42. The molecule has 2 nitrogen and oxygen atoms in total. The summed E-state index contributed by atoms with van der Waals surface area (Å²) in [4.78, 5) is 2.90. The number of nitrogens with two attached hydrogens (primary N) is 1. The second-order valence-corrected chi connectivity index (χ2v) is 4.42. The van der Waals surface area contributed by atoms with Gasteiger partial charge in [0.25, 0.3) is 0 Å². The number of aromatic nitrogens is 1. The highest BCUT2D eigenvalue weighted by Gasteiger charge is 2.25. The van der Waals surface area contributed by atoms with Gasteiger partial charge in [0.15, 0.2) is 17.5 Å². The van der Waals surface area contributed by atoms with Gasteiger partial charge in [-0.25, -0.2) is 13.2 Å². The van der Waals surface area contributed by atoms with Crippen LogP contribution in [0.5, 0.6) is 0 Å². The van der Waals surface area contributed by atoms with Gasteiger partial charge in [-0.05, 0) is 24.8 Å². The van der Waals surface area contributed by atoms with Crippen molar-refractivity contribution in [2.75, 3.05) is 0 Å². The molecule has 1 atom stereocenters. The van der Waals surface area contributed by atoms with Crippen LogP contribution in [0.15, 0.2) is 6.07 Å². The Morgan fingerprint density at radius 2 is 2.00 bits per heavy atom. The number of hydrogen-bond donors (Lipinski definition) is 2. The number of aryl methyl sites for hydroxylation is 1. The predicted molar refractivity (Wildman–Crippen MR) is 58.0 cm³/mol. The summed E-state index contributed by atoms with van der Waals surface area (Å²) in [7, 11) is 0. The van der Waals surface area contributed by atoms with Crippen LogP contribution in [0.4, 0.5) is 13.2 Å². The van der Waals surface area contributed by atoms with Crippen LogP contribution >= 0.6 is 0 Å². The zero-order valence-electron chi connectivity index (χ0n) is 8.99. The highest BCUT2D eigenvalue weighted by Crippen LogP contribution is 2.35. The molecule has 1 aliphatic carbocycles. The van der Waals surface area contributed by atoms with Crippen molar-refractivity contribution in [3.8, 4) is 0 Å². The Hall–Kier alpha value is -1.49. The third-order valence-electron chi connectivity index (χ3n) is 3.37. The van der Waals surface area contributed by atoms with Crippen LogP contribution in [-0.4, -0.2) is 4.98 Å². The van der Waals surface area contributed by atoms with Crippen LogP contribution in [-0.2, 0) is 6.42 Å². The lowest BCUT2D eigenvalue weighted by molar-refractivity contribution is 0.453. The first-order valence-electron chi connectivity index (χ1n) is 5.53. The molecule has 5 heteroatoms. The Morgan fingerprint density at radius 1 is 1.24 bits per heavy atom. The first-order chi connectivity index (χ1) is 8.09. The molecule has 0 amide bonds. The van der Waals surface area contributed by atoms with Gasteiger partial charge < -0.3 is 10.7 Å². The molecule has 2 aromatic rings. The second kappa shape index (κ2) is 3.50. The smallest absolute Gasteiger partial charge is 0.195 e. The first kappa shape index (κ1) is 10.7. The summed E-state index contributed by atoms with van der Waals surface area (Å²) >= 11 is 0. The minimum absolute atomic E-state index is 0.147. The van der Waals surface area contributed by atoms with Crippen LogP contribution in [0, 0.1) is 17.5 Å². The van der Waals surface area contributed by atoms with E-state index in [0.717, 1.165) is 18.9 Å². The van der Waals surface area contributed by atoms with E-state index >= 15 is 0 Å². The van der Waals surface area contributed by atoms with Gasteiger partial charge in [-0.2, -0.15) is 0 Å². The number of halogens is 3. The Kier molecular flexibility index (Phi) is 2.19. The van der Waals surface area contributed by atoms with E-state index in [-0.39, 0.29) is 16.9 Å². The topological polar surface area (TPSA) is 41.8 Å². The number of rotatable bonds is 0. The quantitative estimate of drug-likeness (QED) is 0.683. The second-order valence-electron chi connectivity index (χ2n) is 4.42. The molecule has 0 fully saturated rings. The van der Waals surface area contributed by atoms with Crippen LogP contribution in [0.25, 0.3) is 10.9 Å². The molecule has 0 bridgehead atoms. The maximum absolute atomic E-state index is 13.7. The van der Waals surface area contributed by atoms with E-state index in [4.69, 9.17) is 5.73 Å². The van der Waals surface area contributed by atoms with Crippen molar-refractivity contribution in [3.05, 3.63) is 34.8 Å². The number of nitrogens with one attached hydrogen (secondary N) is 1. The van der Waals surface area contributed by atoms with Crippen molar-refractivity contribution in [2.45, 2.75) is 25.3 Å². The molecule has 1 aromatic heterocycles. The van der Waals surface area contributed by atoms with E-state index in [1.54, 1.807) is 0 Å². The first-order valence-corrected chi connectivity index (χ1v) is 5.53. The lowest BCUT2D eigenvalue weighted by Crippen LogP contribution is -2.16. The summed E-state index contributed by atoms with van der Waals surface area (Å²) in [5.41, 5.74) is 7.57. The average Bonchev–Trinajstić information content (AvgIpc) is 2.66. The van der Waals surface area contributed by atoms with Crippen molar-refractivity contribution < 1.29 is 13.2 Å². The largest absolute Gasteiger partial charge is 0.357 e. The summed E-state index contributed by atoms with van der Waals surface area (Å²) in [6, 6.07) is 0.773. The highest BCUT2D eigenvalue weighted by atomic mass is 19.2. The van der Waals surface area contributed by atoms with Gasteiger partial charge in [-0.1, -0.05) is 0 Å². The summed E-state index contributed by atoms with van der Waals surface area (Å²) in [5, 5.41) is 0.147. The van der Waals surface area contributed by atoms with Gasteiger partial charge in [0, 0.05) is 23.2 Å². The molecule has 90 valence electrons. The molecule has 0 saturated carbocycles. The number of aromatic amines is 1. The summed E-state index contributed by atoms with van der Waals surface area (Å²) in [5.74, 6) is -3.72. The number of benzene rings is 1. The number of fused-ring (bicyclic) bond motifs is 3. The van der Waals surface area contributed by atoms with E-state index in [1.807, 2.05) is 0 Å². The van der Waals surface area contributed by atoms with E-state index in [1.165, 1.54) is 0 Å². The molecule has 3 N–H and O–H groups in total. The minimum Gasteiger partial charge on any atom is -0.357 e. The molecule has 0 spiro atoms. The Labute approximate surface area is 95.6 Å². The van der Waals surface area contributed by atoms with Gasteiger partial charge in [-0.15, -0.1) is 0 Å². The van der Waals surface area contributed by atoms with E-state index in [9.17, 15) is 13.2 Å². The zero-order valence-corrected chi connectivity index (χ0v) is 8.99. The van der Waals surface area contributed by atoms with Gasteiger partial charge in [-0.3, -0.25) is 0 Å². The molecule has 1 aliphatic rings. The van der Waals surface area contributed by atoms with Crippen molar-refractivity contribution in [3.63, 3.8) is 0 Å². The summed E-state index contributed by atoms with van der Waals surface area (Å²) < 4.78 is 40.0. The van der Waals surface area contributed by atoms with Crippen LogP contribution in [0.1, 0.15) is 30.1 Å². The maximum Gasteiger partial charge on any atom is 0.195 e. The van der Waals surface area contributed by atoms with E-state index in [0.29, 0.717) is 17.7 Å². The van der Waals surface area contributed by atoms with Gasteiger partial charge in [0.2, 0.25) is 0 Å². The van der Waals surface area contributed by atoms with Gasteiger partial charge >= 0.3 is 0 Å². The number of H-pyrrole nitrogens is 1. The molecular weight excluding hydrogens is 229 g/mol. The third kappa shape index (κ3) is 1.38. The molecular formula is C12H11F3N2. The molecule has 3 rings (SSSR count). The standard InChI is InChI=1S/C12H11F3N2/c13-6-4-8-9(11(15)10(6)14)5-2-1-3-7(16)12(5)17-8/h4,7,17H,1-3,16H2. The third-order valence-corrected chi connectivity index (χ3v) is 3.37. The summed E-state index contributed by atoms with van der Waals surface area (Å²) in [6.07, 6.45) is 2.27. The zero-order chi connectivity index (χ0) is 12.2. The molecule has 1 unspecified atom stereocenters. The fourth-order valence-corrected chi connectivity index (χ4v) is 2.56. The fourth-order valence-electron chi connectivity index (χ4n) is 2.56.